The van der Waals surface area contributed by atoms with Crippen LogP contribution in [0.25, 0.3) is 0 Å². The SMILES string of the molecule is C[Si](C)(C)C(/C=C/CCOC(=O)c1ccccc1)c1ccccc1. The molecule has 0 aliphatic rings. The Bertz CT molecular complexity index is 657. The Morgan fingerprint density at radius 2 is 1.58 bits per heavy atom. The summed E-state index contributed by atoms with van der Waals surface area (Å²) in [5, 5.41) is 0. The second kappa shape index (κ2) is 8.64. The maximum Gasteiger partial charge on any atom is 0.338 e. The second-order valence-corrected chi connectivity index (χ2v) is 12.3. The lowest BCUT2D eigenvalue weighted by molar-refractivity contribution is 0.0511. The molecule has 126 valence electrons. The van der Waals surface area contributed by atoms with E-state index in [0.29, 0.717) is 17.7 Å². The zero-order valence-corrected chi connectivity index (χ0v) is 15.7. The minimum atomic E-state index is -1.36. The molecule has 2 aromatic carbocycles. The van der Waals surface area contributed by atoms with E-state index in [1.165, 1.54) is 5.56 Å². The van der Waals surface area contributed by atoms with Crippen LogP contribution in [0.15, 0.2) is 72.8 Å². The van der Waals surface area contributed by atoms with Crippen LogP contribution in [0.1, 0.15) is 27.9 Å². The molecule has 2 rings (SSSR count). The standard InChI is InChI=1S/C21H26O2Si/c1-24(2,3)20(18-12-6-4-7-13-18)16-10-11-17-23-21(22)19-14-8-5-9-15-19/h4-10,12-16,20H,11,17H2,1-3H3/b16-10+. The Labute approximate surface area is 146 Å². The minimum absolute atomic E-state index is 0.256. The van der Waals surface area contributed by atoms with Gasteiger partial charge >= 0.3 is 5.97 Å². The van der Waals surface area contributed by atoms with Crippen LogP contribution in [0.2, 0.25) is 19.6 Å². The van der Waals surface area contributed by atoms with Crippen molar-refractivity contribution in [1.29, 1.82) is 0 Å². The highest BCUT2D eigenvalue weighted by Gasteiger charge is 2.25. The second-order valence-electron chi connectivity index (χ2n) is 6.97. The van der Waals surface area contributed by atoms with Gasteiger partial charge in [0.05, 0.1) is 20.2 Å². The van der Waals surface area contributed by atoms with Crippen molar-refractivity contribution >= 4 is 14.0 Å². The van der Waals surface area contributed by atoms with Gasteiger partial charge in [-0.3, -0.25) is 0 Å². The molecular weight excluding hydrogens is 312 g/mol. The molecule has 2 aromatic rings. The maximum atomic E-state index is 11.9. The van der Waals surface area contributed by atoms with Crippen LogP contribution in [-0.2, 0) is 4.74 Å². The lowest BCUT2D eigenvalue weighted by Gasteiger charge is -2.26. The van der Waals surface area contributed by atoms with Crippen LogP contribution in [-0.4, -0.2) is 20.7 Å². The van der Waals surface area contributed by atoms with Gasteiger partial charge in [-0.1, -0.05) is 80.3 Å². The lowest BCUT2D eigenvalue weighted by atomic mass is 10.1. The van der Waals surface area contributed by atoms with Crippen molar-refractivity contribution in [2.24, 2.45) is 0 Å². The molecule has 1 atom stereocenters. The summed E-state index contributed by atoms with van der Waals surface area (Å²) in [5.74, 6) is -0.256. The van der Waals surface area contributed by atoms with Crippen molar-refractivity contribution in [2.45, 2.75) is 31.6 Å². The van der Waals surface area contributed by atoms with E-state index in [9.17, 15) is 4.79 Å². The number of carbonyl (C=O) groups is 1. The summed E-state index contributed by atoms with van der Waals surface area (Å²) in [6, 6.07) is 19.8. The summed E-state index contributed by atoms with van der Waals surface area (Å²) in [5.41, 5.74) is 2.45. The summed E-state index contributed by atoms with van der Waals surface area (Å²) in [6.45, 7) is 7.55. The first-order chi connectivity index (χ1) is 11.5. The molecule has 24 heavy (non-hydrogen) atoms. The average molecular weight is 339 g/mol. The Morgan fingerprint density at radius 1 is 1.00 bits per heavy atom. The van der Waals surface area contributed by atoms with Crippen molar-refractivity contribution in [3.8, 4) is 0 Å². The Hall–Kier alpha value is -2.13. The van der Waals surface area contributed by atoms with Gasteiger partial charge in [-0.05, 0) is 29.7 Å². The van der Waals surface area contributed by atoms with Crippen molar-refractivity contribution in [2.75, 3.05) is 6.61 Å². The van der Waals surface area contributed by atoms with Crippen LogP contribution >= 0.6 is 0 Å². The predicted octanol–water partition coefficient (Wildman–Crippen LogP) is 5.45. The largest absolute Gasteiger partial charge is 0.462 e. The molecule has 0 saturated carbocycles. The number of allylic oxidation sites excluding steroid dienone is 1. The third-order valence-electron chi connectivity index (χ3n) is 3.95. The zero-order chi connectivity index (χ0) is 17.4. The number of hydrogen-bond acceptors (Lipinski definition) is 2. The van der Waals surface area contributed by atoms with Gasteiger partial charge in [0.25, 0.3) is 0 Å². The van der Waals surface area contributed by atoms with E-state index in [1.807, 2.05) is 18.2 Å². The molecule has 3 heteroatoms. The fraction of sp³-hybridized carbons (Fsp3) is 0.286. The number of ether oxygens (including phenoxy) is 1. The molecule has 1 unspecified atom stereocenters. The van der Waals surface area contributed by atoms with Gasteiger partial charge in [-0.25, -0.2) is 4.79 Å². The molecule has 0 aromatic heterocycles. The van der Waals surface area contributed by atoms with Gasteiger partial charge < -0.3 is 4.74 Å². The summed E-state index contributed by atoms with van der Waals surface area (Å²) in [7, 11) is -1.36. The molecule has 2 nitrogen and oxygen atoms in total. The van der Waals surface area contributed by atoms with Crippen molar-refractivity contribution in [1.82, 2.24) is 0 Å². The van der Waals surface area contributed by atoms with E-state index in [-0.39, 0.29) is 5.97 Å². The van der Waals surface area contributed by atoms with E-state index >= 15 is 0 Å². The normalized spacial score (nSPS) is 13.0. The van der Waals surface area contributed by atoms with Crippen LogP contribution in [0, 0.1) is 0 Å². The molecule has 0 fully saturated rings. The first-order valence-corrected chi connectivity index (χ1v) is 12.0. The monoisotopic (exact) mass is 338 g/mol. The van der Waals surface area contributed by atoms with Gasteiger partial charge in [0, 0.05) is 0 Å². The molecule has 0 radical (unpaired) electrons. The molecular formula is C21H26O2Si. The number of esters is 1. The topological polar surface area (TPSA) is 26.3 Å². The Balaban J connectivity index is 1.88. The number of hydrogen-bond donors (Lipinski definition) is 0. The van der Waals surface area contributed by atoms with Gasteiger partial charge in [-0.15, -0.1) is 0 Å². The summed E-state index contributed by atoms with van der Waals surface area (Å²) in [4.78, 5) is 11.9. The zero-order valence-electron chi connectivity index (χ0n) is 14.7. The van der Waals surface area contributed by atoms with Crippen LogP contribution in [0.3, 0.4) is 0 Å². The quantitative estimate of drug-likeness (QED) is 0.290. The Kier molecular flexibility index (Phi) is 6.56. The van der Waals surface area contributed by atoms with Gasteiger partial charge in [0.1, 0.15) is 0 Å². The fourth-order valence-corrected chi connectivity index (χ4v) is 4.58. The van der Waals surface area contributed by atoms with Crippen molar-refractivity contribution in [3.63, 3.8) is 0 Å². The molecule has 0 aliphatic carbocycles. The lowest BCUT2D eigenvalue weighted by Crippen LogP contribution is -2.29. The molecule has 0 saturated heterocycles. The highest BCUT2D eigenvalue weighted by atomic mass is 28.3. The summed E-state index contributed by atoms with van der Waals surface area (Å²) in [6.07, 6.45) is 5.18. The van der Waals surface area contributed by atoms with Crippen LogP contribution in [0.4, 0.5) is 0 Å². The third kappa shape index (κ3) is 5.50. The van der Waals surface area contributed by atoms with E-state index in [1.54, 1.807) is 12.1 Å². The van der Waals surface area contributed by atoms with Crippen molar-refractivity contribution < 1.29 is 9.53 Å². The average Bonchev–Trinajstić information content (AvgIpc) is 2.58. The highest BCUT2D eigenvalue weighted by molar-refractivity contribution is 6.78. The third-order valence-corrected chi connectivity index (χ3v) is 6.34. The Morgan fingerprint density at radius 3 is 2.17 bits per heavy atom. The highest BCUT2D eigenvalue weighted by Crippen LogP contribution is 2.28. The minimum Gasteiger partial charge on any atom is -0.462 e. The maximum absolute atomic E-state index is 11.9. The predicted molar refractivity (Wildman–Crippen MR) is 103 cm³/mol. The van der Waals surface area contributed by atoms with E-state index in [2.05, 4.69) is 62.1 Å². The van der Waals surface area contributed by atoms with Crippen LogP contribution in [0.5, 0.6) is 0 Å². The molecule has 0 heterocycles. The molecule has 0 amide bonds. The van der Waals surface area contributed by atoms with Gasteiger partial charge in [0.15, 0.2) is 0 Å². The van der Waals surface area contributed by atoms with E-state index in [0.717, 1.165) is 6.42 Å². The smallest absolute Gasteiger partial charge is 0.338 e. The first-order valence-electron chi connectivity index (χ1n) is 8.42. The van der Waals surface area contributed by atoms with Crippen molar-refractivity contribution in [3.05, 3.63) is 83.9 Å². The number of rotatable bonds is 7. The van der Waals surface area contributed by atoms with Gasteiger partial charge in [0.2, 0.25) is 0 Å². The van der Waals surface area contributed by atoms with Crippen LogP contribution < -0.4 is 0 Å². The summed E-state index contributed by atoms with van der Waals surface area (Å²) < 4.78 is 5.32. The summed E-state index contributed by atoms with van der Waals surface area (Å²) >= 11 is 0. The molecule has 0 spiro atoms. The van der Waals surface area contributed by atoms with E-state index < -0.39 is 8.07 Å². The molecule has 0 N–H and O–H groups in total. The molecule has 0 aliphatic heterocycles. The fourth-order valence-electron chi connectivity index (χ4n) is 2.67. The molecule has 0 bridgehead atoms. The van der Waals surface area contributed by atoms with Gasteiger partial charge in [-0.2, -0.15) is 0 Å². The number of carbonyl (C=O) groups excluding carboxylic acids is 1. The first kappa shape index (κ1) is 18.2. The number of benzene rings is 2. The van der Waals surface area contributed by atoms with E-state index in [4.69, 9.17) is 4.74 Å².